The number of halogens is 1. The van der Waals surface area contributed by atoms with Gasteiger partial charge in [0.2, 0.25) is 0 Å². The highest BCUT2D eigenvalue weighted by atomic mass is 35.5. The van der Waals surface area contributed by atoms with Crippen molar-refractivity contribution < 1.29 is 14.9 Å². The van der Waals surface area contributed by atoms with Crippen molar-refractivity contribution in [3.05, 3.63) is 58.1 Å². The Kier molecular flexibility index (Phi) is 5.44. The van der Waals surface area contributed by atoms with Crippen LogP contribution in [0.1, 0.15) is 55.2 Å². The van der Waals surface area contributed by atoms with Crippen LogP contribution in [0.5, 0.6) is 11.5 Å². The van der Waals surface area contributed by atoms with Crippen molar-refractivity contribution in [2.45, 2.75) is 63.6 Å². The Labute approximate surface area is 189 Å². The molecule has 4 nitrogen and oxygen atoms in total. The number of ether oxygens (including phenoxy) is 1. The van der Waals surface area contributed by atoms with Gasteiger partial charge < -0.3 is 20.3 Å². The lowest BCUT2D eigenvalue weighted by atomic mass is 9.55. The molecule has 2 aromatic carbocycles. The number of rotatable bonds is 4. The molecule has 0 heterocycles. The summed E-state index contributed by atoms with van der Waals surface area (Å²) in [5, 5.41) is 25.6. The molecule has 2 fully saturated rings. The van der Waals surface area contributed by atoms with Gasteiger partial charge in [0.25, 0.3) is 0 Å². The number of hydrogen-bond donors (Lipinski definition) is 3. The van der Waals surface area contributed by atoms with E-state index in [-0.39, 0.29) is 23.3 Å². The lowest BCUT2D eigenvalue weighted by molar-refractivity contribution is -0.0281. The first-order valence-electron chi connectivity index (χ1n) is 11.5. The molecule has 0 amide bonds. The molecule has 0 spiro atoms. The quantitative estimate of drug-likeness (QED) is 0.622. The fourth-order valence-electron chi connectivity index (χ4n) is 6.84. The zero-order chi connectivity index (χ0) is 21.8. The molecule has 6 atom stereocenters. The van der Waals surface area contributed by atoms with E-state index in [2.05, 4.69) is 30.4 Å². The van der Waals surface area contributed by atoms with Crippen LogP contribution in [0.2, 0.25) is 5.02 Å². The molecule has 3 aliphatic rings. The second kappa shape index (κ2) is 7.99. The van der Waals surface area contributed by atoms with Gasteiger partial charge in [0.05, 0.1) is 13.2 Å². The van der Waals surface area contributed by atoms with Crippen molar-refractivity contribution in [3.63, 3.8) is 0 Å². The number of aliphatic hydroxyl groups excluding tert-OH is 1. The van der Waals surface area contributed by atoms with Crippen LogP contribution in [0.4, 0.5) is 0 Å². The maximum atomic E-state index is 11.3. The van der Waals surface area contributed by atoms with Crippen LogP contribution in [0.25, 0.3) is 0 Å². The second-order valence-electron chi connectivity index (χ2n) is 9.97. The van der Waals surface area contributed by atoms with Gasteiger partial charge >= 0.3 is 0 Å². The summed E-state index contributed by atoms with van der Waals surface area (Å²) in [5.74, 6) is 2.88. The Morgan fingerprint density at radius 3 is 2.84 bits per heavy atom. The summed E-state index contributed by atoms with van der Waals surface area (Å²) in [7, 11) is 1.73. The van der Waals surface area contributed by atoms with Crippen molar-refractivity contribution in [2.75, 3.05) is 7.11 Å². The Hall–Kier alpha value is -1.75. The largest absolute Gasteiger partial charge is 0.508 e. The van der Waals surface area contributed by atoms with Crippen LogP contribution >= 0.6 is 11.6 Å². The molecule has 3 aliphatic carbocycles. The van der Waals surface area contributed by atoms with Crippen molar-refractivity contribution in [3.8, 4) is 11.5 Å². The average molecular weight is 442 g/mol. The van der Waals surface area contributed by atoms with Gasteiger partial charge in [0, 0.05) is 23.2 Å². The van der Waals surface area contributed by atoms with Gasteiger partial charge in [-0.2, -0.15) is 0 Å². The lowest BCUT2D eigenvalue weighted by Crippen LogP contribution is -2.46. The van der Waals surface area contributed by atoms with E-state index in [1.165, 1.54) is 17.5 Å². The summed E-state index contributed by atoms with van der Waals surface area (Å²) in [6.07, 6.45) is 5.05. The topological polar surface area (TPSA) is 61.7 Å². The first-order chi connectivity index (χ1) is 14.9. The van der Waals surface area contributed by atoms with Crippen LogP contribution in [0.3, 0.4) is 0 Å². The fraction of sp³-hybridized carbons (Fsp3) is 0.538. The summed E-state index contributed by atoms with van der Waals surface area (Å²) < 4.78 is 5.44. The molecule has 3 N–H and O–H groups in total. The Bertz CT molecular complexity index is 979. The van der Waals surface area contributed by atoms with E-state index in [0.29, 0.717) is 29.3 Å². The van der Waals surface area contributed by atoms with E-state index < -0.39 is 0 Å². The molecule has 5 heteroatoms. The third kappa shape index (κ3) is 3.53. The van der Waals surface area contributed by atoms with Gasteiger partial charge in [-0.05, 0) is 96.7 Å². The third-order valence-electron chi connectivity index (χ3n) is 8.53. The highest BCUT2D eigenvalue weighted by molar-refractivity contribution is 6.30. The SMILES string of the molecule is COc1ccc2c(c1)CC[C@@H]1[C@@H]2CC[C@]2(C)[C@H](O)[C@H](NCc3cc(Cl)ccc3O)C[C@@H]12. The number of hydrogen-bond acceptors (Lipinski definition) is 4. The monoisotopic (exact) mass is 441 g/mol. The van der Waals surface area contributed by atoms with Gasteiger partial charge in [-0.3, -0.25) is 0 Å². The molecule has 0 saturated heterocycles. The van der Waals surface area contributed by atoms with E-state index in [0.717, 1.165) is 37.0 Å². The number of fused-ring (bicyclic) bond motifs is 5. The molecule has 166 valence electrons. The summed E-state index contributed by atoms with van der Waals surface area (Å²) >= 11 is 6.10. The minimum atomic E-state index is -0.378. The number of aliphatic hydroxyl groups is 1. The predicted octanol–water partition coefficient (Wildman–Crippen LogP) is 5.04. The summed E-state index contributed by atoms with van der Waals surface area (Å²) in [6, 6.07) is 11.7. The van der Waals surface area contributed by atoms with Crippen molar-refractivity contribution in [1.29, 1.82) is 0 Å². The van der Waals surface area contributed by atoms with Crippen LogP contribution in [-0.2, 0) is 13.0 Å². The van der Waals surface area contributed by atoms with Gasteiger partial charge in [-0.25, -0.2) is 0 Å². The Balaban J connectivity index is 1.35. The smallest absolute Gasteiger partial charge is 0.120 e. The molecular weight excluding hydrogens is 410 g/mol. The van der Waals surface area contributed by atoms with Crippen molar-refractivity contribution in [1.82, 2.24) is 5.32 Å². The Morgan fingerprint density at radius 1 is 1.19 bits per heavy atom. The number of nitrogens with one attached hydrogen (secondary N) is 1. The molecule has 0 radical (unpaired) electrons. The first-order valence-corrected chi connectivity index (χ1v) is 11.8. The summed E-state index contributed by atoms with van der Waals surface area (Å²) in [5.41, 5.74) is 3.65. The number of phenolic OH excluding ortho intramolecular Hbond substituents is 1. The summed E-state index contributed by atoms with van der Waals surface area (Å²) in [6.45, 7) is 2.80. The maximum absolute atomic E-state index is 11.3. The minimum Gasteiger partial charge on any atom is -0.508 e. The van der Waals surface area contributed by atoms with Gasteiger partial charge in [-0.1, -0.05) is 24.6 Å². The van der Waals surface area contributed by atoms with E-state index in [4.69, 9.17) is 16.3 Å². The predicted molar refractivity (Wildman–Crippen MR) is 123 cm³/mol. The molecule has 0 unspecified atom stereocenters. The second-order valence-corrected chi connectivity index (χ2v) is 10.4. The third-order valence-corrected chi connectivity index (χ3v) is 8.77. The molecule has 2 saturated carbocycles. The Morgan fingerprint density at radius 2 is 2.03 bits per heavy atom. The first kappa shape index (κ1) is 21.1. The summed E-state index contributed by atoms with van der Waals surface area (Å²) in [4.78, 5) is 0. The maximum Gasteiger partial charge on any atom is 0.120 e. The standard InChI is InChI=1S/C26H32ClNO3/c1-26-10-9-20-19-7-5-18(31-2)12-15(19)3-6-21(20)22(26)13-23(25(26)30)28-14-16-11-17(27)4-8-24(16)29/h4-5,7-8,11-12,20-23,25,28-30H,3,6,9-10,13-14H2,1-2H3/t20-,21-,22+,23-,25-,26+/m1/s1. The highest BCUT2D eigenvalue weighted by Gasteiger charge is 2.57. The molecule has 31 heavy (non-hydrogen) atoms. The van der Waals surface area contributed by atoms with Crippen molar-refractivity contribution in [2.24, 2.45) is 17.3 Å². The van der Waals surface area contributed by atoms with Gasteiger partial charge in [0.1, 0.15) is 11.5 Å². The van der Waals surface area contributed by atoms with Crippen LogP contribution < -0.4 is 10.1 Å². The highest BCUT2D eigenvalue weighted by Crippen LogP contribution is 2.61. The molecular formula is C26H32ClNO3. The fourth-order valence-corrected chi connectivity index (χ4v) is 7.03. The van der Waals surface area contributed by atoms with Crippen LogP contribution in [-0.4, -0.2) is 29.5 Å². The number of benzene rings is 2. The molecule has 0 aromatic heterocycles. The minimum absolute atomic E-state index is 0.0318. The number of methoxy groups -OCH3 is 1. The number of aromatic hydroxyl groups is 1. The van der Waals surface area contributed by atoms with Gasteiger partial charge in [0.15, 0.2) is 0 Å². The van der Waals surface area contributed by atoms with E-state index in [9.17, 15) is 10.2 Å². The zero-order valence-corrected chi connectivity index (χ0v) is 19.0. The molecule has 0 bridgehead atoms. The van der Waals surface area contributed by atoms with Gasteiger partial charge in [-0.15, -0.1) is 0 Å². The molecule has 0 aliphatic heterocycles. The zero-order valence-electron chi connectivity index (χ0n) is 18.3. The number of phenols is 1. The van der Waals surface area contributed by atoms with E-state index >= 15 is 0 Å². The van der Waals surface area contributed by atoms with Crippen LogP contribution in [0.15, 0.2) is 36.4 Å². The lowest BCUT2D eigenvalue weighted by Gasteiger charge is -2.50. The van der Waals surface area contributed by atoms with E-state index in [1.54, 1.807) is 25.3 Å². The van der Waals surface area contributed by atoms with Crippen molar-refractivity contribution >= 4 is 11.6 Å². The number of aryl methyl sites for hydroxylation is 1. The van der Waals surface area contributed by atoms with E-state index in [1.807, 2.05) is 0 Å². The molecule has 2 aromatic rings. The normalized spacial score (nSPS) is 34.0. The average Bonchev–Trinajstić information content (AvgIpc) is 3.04. The van der Waals surface area contributed by atoms with Crippen LogP contribution in [0, 0.1) is 17.3 Å². The molecule has 5 rings (SSSR count).